The highest BCUT2D eigenvalue weighted by Crippen LogP contribution is 2.41. The fraction of sp³-hybridized carbons (Fsp3) is 0.727. The minimum absolute atomic E-state index is 0.114. The van der Waals surface area contributed by atoms with Gasteiger partial charge >= 0.3 is 7.12 Å². The Labute approximate surface area is 164 Å². The first-order valence-corrected chi connectivity index (χ1v) is 11.2. The molecular weight excluding hydrogens is 343 g/mol. The number of hydrogen-bond acceptors (Lipinski definition) is 2. The smallest absolute Gasteiger partial charge is 0.404 e. The molecule has 26 heavy (non-hydrogen) atoms. The molecule has 1 heterocycles. The fourth-order valence-corrected chi connectivity index (χ4v) is 5.58. The van der Waals surface area contributed by atoms with Crippen LogP contribution < -0.4 is 0 Å². The SMILES string of the molecule is Cl[C@H](Cc1ccccc1)B1O[C@H](C2CCCCC2)[C@@H](C2CCCCC2)O1. The monoisotopic (exact) mass is 374 g/mol. The molecule has 0 spiro atoms. The summed E-state index contributed by atoms with van der Waals surface area (Å²) in [6, 6.07) is 10.5. The molecule has 4 heteroatoms. The number of rotatable bonds is 5. The molecule has 1 saturated heterocycles. The van der Waals surface area contributed by atoms with Crippen LogP contribution in [0, 0.1) is 11.8 Å². The van der Waals surface area contributed by atoms with E-state index in [1.54, 1.807) is 0 Å². The van der Waals surface area contributed by atoms with E-state index in [0.717, 1.165) is 6.42 Å². The first kappa shape index (κ1) is 18.8. The molecule has 2 nitrogen and oxygen atoms in total. The molecule has 0 amide bonds. The summed E-state index contributed by atoms with van der Waals surface area (Å²) in [6.07, 6.45) is 14.7. The molecule has 0 aromatic heterocycles. The normalized spacial score (nSPS) is 29.8. The lowest BCUT2D eigenvalue weighted by Crippen LogP contribution is -2.38. The second-order valence-corrected chi connectivity index (χ2v) is 9.13. The zero-order chi connectivity index (χ0) is 17.8. The van der Waals surface area contributed by atoms with Crippen molar-refractivity contribution in [3.05, 3.63) is 35.9 Å². The molecule has 0 radical (unpaired) electrons. The molecule has 0 bridgehead atoms. The largest absolute Gasteiger partial charge is 0.476 e. The van der Waals surface area contributed by atoms with Gasteiger partial charge in [-0.3, -0.25) is 0 Å². The van der Waals surface area contributed by atoms with Gasteiger partial charge < -0.3 is 9.31 Å². The maximum Gasteiger partial charge on any atom is 0.476 e. The Balaban J connectivity index is 1.44. The summed E-state index contributed by atoms with van der Waals surface area (Å²) >= 11 is 6.78. The van der Waals surface area contributed by atoms with Crippen molar-refractivity contribution in [3.63, 3.8) is 0 Å². The molecule has 2 aliphatic carbocycles. The Kier molecular flexibility index (Phi) is 6.61. The van der Waals surface area contributed by atoms with Crippen molar-refractivity contribution >= 4 is 18.7 Å². The van der Waals surface area contributed by atoms with E-state index < -0.39 is 0 Å². The van der Waals surface area contributed by atoms with Crippen LogP contribution in [-0.4, -0.2) is 24.6 Å². The van der Waals surface area contributed by atoms with Crippen molar-refractivity contribution in [1.29, 1.82) is 0 Å². The van der Waals surface area contributed by atoms with E-state index in [9.17, 15) is 0 Å². The van der Waals surface area contributed by atoms with Gasteiger partial charge in [0, 0.05) is 0 Å². The molecule has 1 aromatic carbocycles. The van der Waals surface area contributed by atoms with Crippen LogP contribution in [0.25, 0.3) is 0 Å². The van der Waals surface area contributed by atoms with E-state index >= 15 is 0 Å². The van der Waals surface area contributed by atoms with E-state index in [0.29, 0.717) is 11.8 Å². The number of halogens is 1. The lowest BCUT2D eigenvalue weighted by atomic mass is 9.77. The first-order valence-electron chi connectivity index (χ1n) is 10.8. The van der Waals surface area contributed by atoms with Crippen molar-refractivity contribution in [2.24, 2.45) is 11.8 Å². The lowest BCUT2D eigenvalue weighted by molar-refractivity contribution is 0.0324. The zero-order valence-corrected chi connectivity index (χ0v) is 16.6. The average Bonchev–Trinajstić information content (AvgIpc) is 3.16. The van der Waals surface area contributed by atoms with E-state index in [1.165, 1.54) is 69.8 Å². The van der Waals surface area contributed by atoms with Crippen molar-refractivity contribution in [2.45, 2.75) is 88.1 Å². The summed E-state index contributed by atoms with van der Waals surface area (Å²) in [5, 5.41) is -0.114. The number of hydrogen-bond donors (Lipinski definition) is 0. The van der Waals surface area contributed by atoms with Gasteiger partial charge in [0.25, 0.3) is 0 Å². The van der Waals surface area contributed by atoms with E-state index in [-0.39, 0.29) is 24.6 Å². The minimum atomic E-state index is -0.254. The summed E-state index contributed by atoms with van der Waals surface area (Å²) in [5.74, 6) is 1.34. The van der Waals surface area contributed by atoms with Gasteiger partial charge in [0.15, 0.2) is 0 Å². The quantitative estimate of drug-likeness (QED) is 0.478. The summed E-state index contributed by atoms with van der Waals surface area (Å²) in [4.78, 5) is 0. The molecule has 3 atom stereocenters. The molecular formula is C22H32BClO2. The van der Waals surface area contributed by atoms with Crippen molar-refractivity contribution in [3.8, 4) is 0 Å². The van der Waals surface area contributed by atoms with Gasteiger partial charge in [0.05, 0.1) is 17.5 Å². The summed E-state index contributed by atoms with van der Waals surface area (Å²) < 4.78 is 13.1. The first-order chi connectivity index (χ1) is 12.8. The maximum absolute atomic E-state index is 6.78. The predicted molar refractivity (Wildman–Crippen MR) is 108 cm³/mol. The summed E-state index contributed by atoms with van der Waals surface area (Å²) in [6.45, 7) is 0. The molecule has 3 aliphatic rings. The maximum atomic E-state index is 6.78. The van der Waals surface area contributed by atoms with Gasteiger partial charge in [0.1, 0.15) is 0 Å². The van der Waals surface area contributed by atoms with E-state index in [1.807, 2.05) is 6.07 Å². The average molecular weight is 375 g/mol. The minimum Gasteiger partial charge on any atom is -0.404 e. The Morgan fingerprint density at radius 3 is 1.81 bits per heavy atom. The lowest BCUT2D eigenvalue weighted by Gasteiger charge is -2.35. The Hall–Kier alpha value is -0.505. The van der Waals surface area contributed by atoms with Crippen LogP contribution in [0.4, 0.5) is 0 Å². The van der Waals surface area contributed by atoms with Crippen LogP contribution >= 0.6 is 11.6 Å². The molecule has 0 N–H and O–H groups in total. The predicted octanol–water partition coefficient (Wildman–Crippen LogP) is 5.81. The molecule has 1 aromatic rings. The van der Waals surface area contributed by atoms with E-state index in [4.69, 9.17) is 20.9 Å². The number of benzene rings is 1. The van der Waals surface area contributed by atoms with Crippen molar-refractivity contribution < 1.29 is 9.31 Å². The van der Waals surface area contributed by atoms with Crippen LogP contribution in [0.1, 0.15) is 69.8 Å². The van der Waals surface area contributed by atoms with E-state index in [2.05, 4.69) is 24.3 Å². The second kappa shape index (κ2) is 9.12. The van der Waals surface area contributed by atoms with Gasteiger partial charge in [-0.25, -0.2) is 0 Å². The van der Waals surface area contributed by atoms with Crippen LogP contribution in [0.3, 0.4) is 0 Å². The molecule has 1 aliphatic heterocycles. The molecule has 3 fully saturated rings. The van der Waals surface area contributed by atoms with Crippen LogP contribution in [-0.2, 0) is 15.7 Å². The van der Waals surface area contributed by atoms with Gasteiger partial charge in [-0.05, 0) is 49.5 Å². The molecule has 2 saturated carbocycles. The molecule has 0 unspecified atom stereocenters. The summed E-state index contributed by atoms with van der Waals surface area (Å²) in [5.41, 5.74) is 1.26. The highest BCUT2D eigenvalue weighted by molar-refractivity contribution is 6.59. The topological polar surface area (TPSA) is 18.5 Å². The third kappa shape index (κ3) is 4.48. The van der Waals surface area contributed by atoms with Gasteiger partial charge in [-0.2, -0.15) is 0 Å². The Morgan fingerprint density at radius 2 is 1.31 bits per heavy atom. The molecule has 4 rings (SSSR count). The Morgan fingerprint density at radius 1 is 0.808 bits per heavy atom. The highest BCUT2D eigenvalue weighted by Gasteiger charge is 2.49. The highest BCUT2D eigenvalue weighted by atomic mass is 35.5. The van der Waals surface area contributed by atoms with Gasteiger partial charge in [-0.15, -0.1) is 11.6 Å². The van der Waals surface area contributed by atoms with Gasteiger partial charge in [0.2, 0.25) is 0 Å². The standard InChI is InChI=1S/C22H32BClO2/c24-20(16-17-10-4-1-5-11-17)23-25-21(18-12-6-2-7-13-18)22(26-23)19-14-8-3-9-15-19/h1,4-5,10-11,18-22H,2-3,6-9,12-16H2/t20-,21-,22-/m1/s1. The van der Waals surface area contributed by atoms with Crippen LogP contribution in [0.15, 0.2) is 30.3 Å². The fourth-order valence-electron chi connectivity index (χ4n) is 5.29. The van der Waals surface area contributed by atoms with Gasteiger partial charge in [-0.1, -0.05) is 68.9 Å². The van der Waals surface area contributed by atoms with Crippen LogP contribution in [0.5, 0.6) is 0 Å². The van der Waals surface area contributed by atoms with Crippen molar-refractivity contribution in [2.75, 3.05) is 0 Å². The van der Waals surface area contributed by atoms with Crippen LogP contribution in [0.2, 0.25) is 0 Å². The third-order valence-electron chi connectivity index (χ3n) is 6.70. The Bertz CT molecular complexity index is 516. The summed E-state index contributed by atoms with van der Waals surface area (Å²) in [7, 11) is -0.254. The van der Waals surface area contributed by atoms with Crippen molar-refractivity contribution in [1.82, 2.24) is 0 Å². The molecule has 142 valence electrons. The second-order valence-electron chi connectivity index (χ2n) is 8.57. The zero-order valence-electron chi connectivity index (χ0n) is 15.8. The third-order valence-corrected chi connectivity index (χ3v) is 7.06. The number of alkyl halides is 1.